The Hall–Kier alpha value is -4.19. The number of hydrogen-bond acceptors (Lipinski definition) is 4. The lowest BCUT2D eigenvalue weighted by molar-refractivity contribution is 0.0951. The fraction of sp³-hybridized carbons (Fsp3) is 0.148. The predicted octanol–water partition coefficient (Wildman–Crippen LogP) is 5.10. The molecule has 0 radical (unpaired) electrons. The molecule has 0 saturated heterocycles. The molecule has 2 N–H and O–H groups in total. The lowest BCUT2D eigenvalue weighted by atomic mass is 9.95. The van der Waals surface area contributed by atoms with E-state index in [2.05, 4.69) is 15.5 Å². The minimum Gasteiger partial charge on any atom is -0.457 e. The van der Waals surface area contributed by atoms with Crippen molar-refractivity contribution in [1.82, 2.24) is 15.5 Å². The van der Waals surface area contributed by atoms with E-state index >= 15 is 0 Å². The van der Waals surface area contributed by atoms with Crippen molar-refractivity contribution < 1.29 is 9.53 Å². The van der Waals surface area contributed by atoms with Gasteiger partial charge >= 0.3 is 0 Å². The third-order valence-corrected chi connectivity index (χ3v) is 5.68. The maximum Gasteiger partial charge on any atom is 0.267 e. The summed E-state index contributed by atoms with van der Waals surface area (Å²) < 4.78 is 6.13. The highest BCUT2D eigenvalue weighted by Crippen LogP contribution is 2.38. The SMILES string of the molecule is Cc1c(-c2ccc(C(=O)NC3CC3)cc2)c(-c2ccccc2Oc2ccccc2)n[nH]c1=O. The number of amides is 1. The molecule has 1 saturated carbocycles. The second-order valence-corrected chi connectivity index (χ2v) is 8.14. The lowest BCUT2D eigenvalue weighted by Crippen LogP contribution is -2.25. The summed E-state index contributed by atoms with van der Waals surface area (Å²) >= 11 is 0. The van der Waals surface area contributed by atoms with Gasteiger partial charge in [0, 0.05) is 28.3 Å². The van der Waals surface area contributed by atoms with E-state index in [1.54, 1.807) is 19.1 Å². The summed E-state index contributed by atoms with van der Waals surface area (Å²) in [5, 5.41) is 9.99. The Balaban J connectivity index is 1.56. The number of hydrogen-bond donors (Lipinski definition) is 2. The number of aromatic nitrogens is 2. The predicted molar refractivity (Wildman–Crippen MR) is 127 cm³/mol. The van der Waals surface area contributed by atoms with Gasteiger partial charge in [0.25, 0.3) is 11.5 Å². The first kappa shape index (κ1) is 20.7. The van der Waals surface area contributed by atoms with Gasteiger partial charge in [0.2, 0.25) is 0 Å². The number of rotatable bonds is 6. The van der Waals surface area contributed by atoms with E-state index in [9.17, 15) is 9.59 Å². The molecule has 1 aliphatic carbocycles. The van der Waals surface area contributed by atoms with Crippen molar-refractivity contribution in [2.75, 3.05) is 0 Å². The van der Waals surface area contributed by atoms with Crippen LogP contribution >= 0.6 is 0 Å². The molecule has 0 unspecified atom stereocenters. The molecule has 4 aromatic rings. The van der Waals surface area contributed by atoms with Crippen LogP contribution in [0.15, 0.2) is 83.7 Å². The van der Waals surface area contributed by atoms with Gasteiger partial charge in [-0.2, -0.15) is 5.10 Å². The van der Waals surface area contributed by atoms with Crippen LogP contribution in [0, 0.1) is 6.92 Å². The van der Waals surface area contributed by atoms with Gasteiger partial charge in [0.1, 0.15) is 17.2 Å². The van der Waals surface area contributed by atoms with Crippen LogP contribution in [-0.2, 0) is 0 Å². The average molecular weight is 437 g/mol. The summed E-state index contributed by atoms with van der Waals surface area (Å²) in [7, 11) is 0. The summed E-state index contributed by atoms with van der Waals surface area (Å²) in [5.74, 6) is 1.26. The summed E-state index contributed by atoms with van der Waals surface area (Å²) in [5.41, 5.74) is 3.75. The molecule has 5 rings (SSSR count). The number of benzene rings is 3. The fourth-order valence-corrected chi connectivity index (χ4v) is 3.74. The van der Waals surface area contributed by atoms with E-state index in [1.807, 2.05) is 66.7 Å². The lowest BCUT2D eigenvalue weighted by Gasteiger charge is -2.15. The summed E-state index contributed by atoms with van der Waals surface area (Å²) in [6.07, 6.45) is 2.07. The highest BCUT2D eigenvalue weighted by Gasteiger charge is 2.24. The highest BCUT2D eigenvalue weighted by molar-refractivity contribution is 5.95. The standard InChI is InChI=1S/C27H23N3O3/c1-17-24(18-11-13-19(14-12-18)27(32)28-20-15-16-20)25(29-30-26(17)31)22-9-5-6-10-23(22)33-21-7-3-2-4-8-21/h2-14,20H,15-16H2,1H3,(H,28,32)(H,30,31). The number of carbonyl (C=O) groups is 1. The van der Waals surface area contributed by atoms with Crippen molar-refractivity contribution in [2.45, 2.75) is 25.8 Å². The minimum absolute atomic E-state index is 0.0772. The van der Waals surface area contributed by atoms with Crippen LogP contribution in [0.3, 0.4) is 0 Å². The molecule has 0 bridgehead atoms. The number of nitrogens with one attached hydrogen (secondary N) is 2. The first-order chi connectivity index (χ1) is 16.1. The van der Waals surface area contributed by atoms with Crippen LogP contribution in [0.1, 0.15) is 28.8 Å². The smallest absolute Gasteiger partial charge is 0.267 e. The molecule has 1 aromatic heterocycles. The van der Waals surface area contributed by atoms with Crippen molar-refractivity contribution in [3.63, 3.8) is 0 Å². The van der Waals surface area contributed by atoms with Gasteiger partial charge in [-0.25, -0.2) is 5.10 Å². The number of carbonyl (C=O) groups excluding carboxylic acids is 1. The van der Waals surface area contributed by atoms with Crippen LogP contribution in [0.25, 0.3) is 22.4 Å². The van der Waals surface area contributed by atoms with Crippen molar-refractivity contribution in [3.8, 4) is 33.9 Å². The molecule has 1 heterocycles. The first-order valence-electron chi connectivity index (χ1n) is 10.9. The van der Waals surface area contributed by atoms with Gasteiger partial charge in [-0.1, -0.05) is 42.5 Å². The van der Waals surface area contributed by atoms with Gasteiger partial charge in [0.15, 0.2) is 0 Å². The van der Waals surface area contributed by atoms with Crippen LogP contribution < -0.4 is 15.6 Å². The summed E-state index contributed by atoms with van der Waals surface area (Å²) in [4.78, 5) is 24.8. The second kappa shape index (κ2) is 8.74. The van der Waals surface area contributed by atoms with Crippen LogP contribution in [0.5, 0.6) is 11.5 Å². The topological polar surface area (TPSA) is 84.1 Å². The molecule has 33 heavy (non-hydrogen) atoms. The summed E-state index contributed by atoms with van der Waals surface area (Å²) in [6, 6.07) is 24.7. The molecule has 0 atom stereocenters. The molecule has 0 aliphatic heterocycles. The van der Waals surface area contributed by atoms with Crippen LogP contribution in [0.2, 0.25) is 0 Å². The third-order valence-electron chi connectivity index (χ3n) is 5.68. The first-order valence-corrected chi connectivity index (χ1v) is 10.9. The molecule has 6 nitrogen and oxygen atoms in total. The second-order valence-electron chi connectivity index (χ2n) is 8.14. The Bertz CT molecular complexity index is 1360. The number of H-pyrrole nitrogens is 1. The normalized spacial score (nSPS) is 12.9. The van der Waals surface area contributed by atoms with Gasteiger partial charge in [-0.3, -0.25) is 9.59 Å². The molecule has 0 spiro atoms. The van der Waals surface area contributed by atoms with Crippen LogP contribution in [-0.4, -0.2) is 22.1 Å². The number of aromatic amines is 1. The van der Waals surface area contributed by atoms with E-state index < -0.39 is 0 Å². The molecular weight excluding hydrogens is 414 g/mol. The molecular formula is C27H23N3O3. The zero-order valence-corrected chi connectivity index (χ0v) is 18.2. The largest absolute Gasteiger partial charge is 0.457 e. The third kappa shape index (κ3) is 4.41. The monoisotopic (exact) mass is 437 g/mol. The van der Waals surface area contributed by atoms with Gasteiger partial charge in [-0.05, 0) is 61.7 Å². The van der Waals surface area contributed by atoms with Crippen molar-refractivity contribution >= 4 is 5.91 Å². The maximum atomic E-state index is 12.5. The number of ether oxygens (including phenoxy) is 1. The Morgan fingerprint density at radius 3 is 2.39 bits per heavy atom. The van der Waals surface area contributed by atoms with Crippen LogP contribution in [0.4, 0.5) is 0 Å². The minimum atomic E-state index is -0.259. The zero-order valence-electron chi connectivity index (χ0n) is 18.2. The fourth-order valence-electron chi connectivity index (χ4n) is 3.74. The van der Waals surface area contributed by atoms with Crippen molar-refractivity contribution in [3.05, 3.63) is 100 Å². The molecule has 1 amide bonds. The number of para-hydroxylation sites is 2. The zero-order chi connectivity index (χ0) is 22.8. The molecule has 6 heteroatoms. The average Bonchev–Trinajstić information content (AvgIpc) is 3.66. The number of nitrogens with zero attached hydrogens (tertiary/aromatic N) is 1. The molecule has 1 fully saturated rings. The molecule has 164 valence electrons. The molecule has 3 aromatic carbocycles. The quantitative estimate of drug-likeness (QED) is 0.440. The maximum absolute atomic E-state index is 12.5. The Morgan fingerprint density at radius 2 is 1.67 bits per heavy atom. The Labute approximate surface area is 191 Å². The van der Waals surface area contributed by atoms with Crippen molar-refractivity contribution in [2.24, 2.45) is 0 Å². The summed E-state index contributed by atoms with van der Waals surface area (Å²) in [6.45, 7) is 1.77. The Kier molecular flexibility index (Phi) is 5.48. The highest BCUT2D eigenvalue weighted by atomic mass is 16.5. The van der Waals surface area contributed by atoms with E-state index in [4.69, 9.17) is 4.74 Å². The van der Waals surface area contributed by atoms with E-state index in [1.165, 1.54) is 0 Å². The van der Waals surface area contributed by atoms with Gasteiger partial charge in [-0.15, -0.1) is 0 Å². The van der Waals surface area contributed by atoms with E-state index in [-0.39, 0.29) is 11.5 Å². The van der Waals surface area contributed by atoms with Gasteiger partial charge < -0.3 is 10.1 Å². The molecule has 1 aliphatic rings. The van der Waals surface area contributed by atoms with E-state index in [0.29, 0.717) is 39.9 Å². The Morgan fingerprint density at radius 1 is 0.970 bits per heavy atom. The van der Waals surface area contributed by atoms with Crippen molar-refractivity contribution in [1.29, 1.82) is 0 Å². The van der Waals surface area contributed by atoms with E-state index in [0.717, 1.165) is 24.0 Å². The van der Waals surface area contributed by atoms with Gasteiger partial charge in [0.05, 0.1) is 0 Å².